The van der Waals surface area contributed by atoms with Crippen LogP contribution >= 0.6 is 11.3 Å². The number of thiophene rings is 1. The average molecular weight is 317 g/mol. The minimum atomic E-state index is -0.533. The van der Waals surface area contributed by atoms with Crippen LogP contribution in [-0.2, 0) is 10.2 Å². The third-order valence-electron chi connectivity index (χ3n) is 3.96. The van der Waals surface area contributed by atoms with Crippen LogP contribution in [0.4, 0.5) is 0 Å². The highest BCUT2D eigenvalue weighted by molar-refractivity contribution is 7.10. The zero-order valence-electron chi connectivity index (χ0n) is 13.1. The lowest BCUT2D eigenvalue weighted by Crippen LogP contribution is -2.41. The Morgan fingerprint density at radius 1 is 1.23 bits per heavy atom. The first-order valence-corrected chi connectivity index (χ1v) is 8.41. The number of carbonyl (C=O) groups excluding carboxylic acids is 1. The Morgan fingerprint density at radius 3 is 2.55 bits per heavy atom. The van der Waals surface area contributed by atoms with Gasteiger partial charge in [0, 0.05) is 23.9 Å². The molecule has 4 heteroatoms. The molecule has 0 bridgehead atoms. The first-order valence-electron chi connectivity index (χ1n) is 7.53. The Hall–Kier alpha value is -1.65. The maximum absolute atomic E-state index is 12.5. The van der Waals surface area contributed by atoms with Crippen LogP contribution in [0.3, 0.4) is 0 Å². The molecule has 118 valence electrons. The van der Waals surface area contributed by atoms with Crippen molar-refractivity contribution in [1.82, 2.24) is 5.32 Å². The molecule has 0 spiro atoms. The number of aliphatic hydroxyl groups is 1. The molecule has 1 aromatic carbocycles. The lowest BCUT2D eigenvalue weighted by atomic mass is 9.89. The van der Waals surface area contributed by atoms with Crippen LogP contribution < -0.4 is 5.32 Å². The number of benzene rings is 1. The molecule has 2 N–H and O–H groups in total. The van der Waals surface area contributed by atoms with Gasteiger partial charge in [0.15, 0.2) is 0 Å². The smallest absolute Gasteiger partial charge is 0.230 e. The summed E-state index contributed by atoms with van der Waals surface area (Å²) in [7, 11) is 0. The zero-order chi connectivity index (χ0) is 16.0. The second kappa shape index (κ2) is 7.56. The van der Waals surface area contributed by atoms with E-state index in [1.807, 2.05) is 61.7 Å². The molecule has 1 unspecified atom stereocenters. The van der Waals surface area contributed by atoms with Gasteiger partial charge in [0.2, 0.25) is 5.91 Å². The minimum Gasteiger partial charge on any atom is -0.396 e. The summed E-state index contributed by atoms with van der Waals surface area (Å²) >= 11 is 1.60. The predicted octanol–water partition coefficient (Wildman–Crippen LogP) is 3.31. The van der Waals surface area contributed by atoms with Crippen molar-refractivity contribution in [2.45, 2.75) is 31.6 Å². The SMILES string of the molecule is CC(C)(C(=O)NCC(CCO)c1ccccc1)c1cccs1. The standard InChI is InChI=1S/C18H23NO2S/c1-18(2,16-9-6-12-22-16)17(21)19-13-15(10-11-20)14-7-4-3-5-8-14/h3-9,12,15,20H,10-11,13H2,1-2H3,(H,19,21). The molecule has 0 fully saturated rings. The van der Waals surface area contributed by atoms with Crippen molar-refractivity contribution in [3.63, 3.8) is 0 Å². The molecule has 0 saturated carbocycles. The number of carbonyl (C=O) groups is 1. The molecule has 0 radical (unpaired) electrons. The summed E-state index contributed by atoms with van der Waals surface area (Å²) in [6, 6.07) is 14.0. The van der Waals surface area contributed by atoms with Crippen LogP contribution in [0.1, 0.15) is 36.6 Å². The first kappa shape index (κ1) is 16.7. The van der Waals surface area contributed by atoms with E-state index in [2.05, 4.69) is 5.32 Å². The molecule has 1 amide bonds. The Kier molecular flexibility index (Phi) is 5.75. The number of amides is 1. The summed E-state index contributed by atoms with van der Waals surface area (Å²) in [4.78, 5) is 13.6. The Balaban J connectivity index is 2.02. The summed E-state index contributed by atoms with van der Waals surface area (Å²) in [5, 5.41) is 14.3. The van der Waals surface area contributed by atoms with Gasteiger partial charge in [0.1, 0.15) is 0 Å². The maximum atomic E-state index is 12.5. The monoisotopic (exact) mass is 317 g/mol. The van der Waals surface area contributed by atoms with Crippen LogP contribution in [0.25, 0.3) is 0 Å². The van der Waals surface area contributed by atoms with Gasteiger partial charge in [-0.25, -0.2) is 0 Å². The third-order valence-corrected chi connectivity index (χ3v) is 5.16. The van der Waals surface area contributed by atoms with Crippen molar-refractivity contribution in [3.05, 3.63) is 58.3 Å². The van der Waals surface area contributed by atoms with Crippen molar-refractivity contribution in [1.29, 1.82) is 0 Å². The fraction of sp³-hybridized carbons (Fsp3) is 0.389. The number of rotatable bonds is 7. The summed E-state index contributed by atoms with van der Waals surface area (Å²) in [5.74, 6) is 0.156. The number of hydrogen-bond donors (Lipinski definition) is 2. The molecule has 0 aliphatic rings. The summed E-state index contributed by atoms with van der Waals surface area (Å²) in [6.45, 7) is 4.54. The Labute approximate surface area is 136 Å². The molecule has 0 aliphatic carbocycles. The fourth-order valence-corrected chi connectivity index (χ4v) is 3.30. The Bertz CT molecular complexity index is 578. The van der Waals surface area contributed by atoms with Crippen LogP contribution in [0.5, 0.6) is 0 Å². The lowest BCUT2D eigenvalue weighted by molar-refractivity contribution is -0.125. The van der Waals surface area contributed by atoms with Crippen LogP contribution in [0.2, 0.25) is 0 Å². The van der Waals surface area contributed by atoms with Gasteiger partial charge in [-0.2, -0.15) is 0 Å². The molecule has 3 nitrogen and oxygen atoms in total. The van der Waals surface area contributed by atoms with E-state index in [1.54, 1.807) is 11.3 Å². The van der Waals surface area contributed by atoms with E-state index in [1.165, 1.54) is 0 Å². The summed E-state index contributed by atoms with van der Waals surface area (Å²) in [6.07, 6.45) is 0.643. The van der Waals surface area contributed by atoms with E-state index in [-0.39, 0.29) is 18.4 Å². The second-order valence-corrected chi connectivity index (χ2v) is 6.88. The van der Waals surface area contributed by atoms with E-state index in [9.17, 15) is 9.90 Å². The predicted molar refractivity (Wildman–Crippen MR) is 91.2 cm³/mol. The van der Waals surface area contributed by atoms with E-state index in [0.29, 0.717) is 13.0 Å². The zero-order valence-corrected chi connectivity index (χ0v) is 13.9. The molecule has 0 saturated heterocycles. The van der Waals surface area contributed by atoms with Gasteiger partial charge in [-0.3, -0.25) is 4.79 Å². The molecule has 1 atom stereocenters. The molecule has 2 rings (SSSR count). The quantitative estimate of drug-likeness (QED) is 0.823. The van der Waals surface area contributed by atoms with E-state index >= 15 is 0 Å². The van der Waals surface area contributed by atoms with Gasteiger partial charge in [0.05, 0.1) is 5.41 Å². The lowest BCUT2D eigenvalue weighted by Gasteiger charge is -2.24. The van der Waals surface area contributed by atoms with Gasteiger partial charge in [-0.05, 0) is 37.3 Å². The fourth-order valence-electron chi connectivity index (χ4n) is 2.45. The molecule has 1 heterocycles. The normalized spacial score (nSPS) is 12.9. The summed E-state index contributed by atoms with van der Waals surface area (Å²) < 4.78 is 0. The number of hydrogen-bond acceptors (Lipinski definition) is 3. The van der Waals surface area contributed by atoms with E-state index in [4.69, 9.17) is 0 Å². The molecular weight excluding hydrogens is 294 g/mol. The highest BCUT2D eigenvalue weighted by atomic mass is 32.1. The van der Waals surface area contributed by atoms with Crippen molar-refractivity contribution in [2.75, 3.05) is 13.2 Å². The highest BCUT2D eigenvalue weighted by Gasteiger charge is 2.31. The number of aliphatic hydroxyl groups excluding tert-OH is 1. The van der Waals surface area contributed by atoms with Gasteiger partial charge in [-0.1, -0.05) is 36.4 Å². The maximum Gasteiger partial charge on any atom is 0.230 e. The number of nitrogens with one attached hydrogen (secondary N) is 1. The molecule has 0 aliphatic heterocycles. The van der Waals surface area contributed by atoms with Crippen molar-refractivity contribution in [3.8, 4) is 0 Å². The van der Waals surface area contributed by atoms with E-state index in [0.717, 1.165) is 10.4 Å². The topological polar surface area (TPSA) is 49.3 Å². The molecule has 2 aromatic rings. The van der Waals surface area contributed by atoms with Crippen molar-refractivity contribution < 1.29 is 9.90 Å². The van der Waals surface area contributed by atoms with Gasteiger partial charge >= 0.3 is 0 Å². The largest absolute Gasteiger partial charge is 0.396 e. The third kappa shape index (κ3) is 3.96. The van der Waals surface area contributed by atoms with Gasteiger partial charge in [-0.15, -0.1) is 11.3 Å². The Morgan fingerprint density at radius 2 is 1.95 bits per heavy atom. The highest BCUT2D eigenvalue weighted by Crippen LogP contribution is 2.28. The molecular formula is C18H23NO2S. The van der Waals surface area contributed by atoms with Crippen LogP contribution in [0, 0.1) is 0 Å². The molecule has 22 heavy (non-hydrogen) atoms. The van der Waals surface area contributed by atoms with Gasteiger partial charge in [0.25, 0.3) is 0 Å². The summed E-state index contributed by atoms with van der Waals surface area (Å²) in [5.41, 5.74) is 0.611. The van der Waals surface area contributed by atoms with Crippen LogP contribution in [-0.4, -0.2) is 24.2 Å². The average Bonchev–Trinajstić information content (AvgIpc) is 3.07. The van der Waals surface area contributed by atoms with Crippen molar-refractivity contribution >= 4 is 17.2 Å². The van der Waals surface area contributed by atoms with E-state index < -0.39 is 5.41 Å². The van der Waals surface area contributed by atoms with Crippen LogP contribution in [0.15, 0.2) is 47.8 Å². The molecule has 1 aromatic heterocycles. The second-order valence-electron chi connectivity index (χ2n) is 5.93. The van der Waals surface area contributed by atoms with Crippen molar-refractivity contribution in [2.24, 2.45) is 0 Å². The minimum absolute atomic E-state index is 0.0221. The van der Waals surface area contributed by atoms with Gasteiger partial charge < -0.3 is 10.4 Å². The first-order chi connectivity index (χ1) is 10.6.